The number of ether oxygens (including phenoxy) is 2. The summed E-state index contributed by atoms with van der Waals surface area (Å²) in [5, 5.41) is 4.85. The van der Waals surface area contributed by atoms with E-state index in [1.54, 1.807) is 20.8 Å². The van der Waals surface area contributed by atoms with Crippen LogP contribution in [0.5, 0.6) is 5.75 Å². The molecule has 0 fully saturated rings. The van der Waals surface area contributed by atoms with Crippen LogP contribution in [0.15, 0.2) is 18.2 Å². The lowest BCUT2D eigenvalue weighted by Gasteiger charge is -2.28. The van der Waals surface area contributed by atoms with Crippen LogP contribution in [0, 0.1) is 5.82 Å². The molecule has 0 saturated carbocycles. The molecule has 0 saturated heterocycles. The second kappa shape index (κ2) is 6.96. The number of carbonyl (C=O) groups excluding carboxylic acids is 3. The van der Waals surface area contributed by atoms with Crippen LogP contribution in [-0.2, 0) is 14.3 Å². The molecule has 1 heterocycles. The van der Waals surface area contributed by atoms with Gasteiger partial charge in [-0.25, -0.2) is 9.18 Å². The number of hydrogen-bond acceptors (Lipinski definition) is 5. The van der Waals surface area contributed by atoms with Gasteiger partial charge in [0.25, 0.3) is 5.91 Å². The van der Waals surface area contributed by atoms with Crippen LogP contribution >= 0.6 is 0 Å². The summed E-state index contributed by atoms with van der Waals surface area (Å²) in [6, 6.07) is 2.46. The highest BCUT2D eigenvalue weighted by Gasteiger charge is 2.33. The number of rotatable bonds is 4. The highest BCUT2D eigenvalue weighted by Crippen LogP contribution is 2.31. The number of amides is 3. The second-order valence-electron chi connectivity index (χ2n) is 6.57. The SMILES string of the molecule is CC(C)(C)OC(=O)N[C@@H](C[C@@H]1Oc2cc(F)ccc2NC1=O)C(N)=O. The highest BCUT2D eigenvalue weighted by atomic mass is 19.1. The van der Waals surface area contributed by atoms with Crippen LogP contribution in [0.4, 0.5) is 14.9 Å². The molecule has 1 aliphatic heterocycles. The van der Waals surface area contributed by atoms with Crippen molar-refractivity contribution in [3.8, 4) is 5.75 Å². The Bertz CT molecular complexity index is 702. The van der Waals surface area contributed by atoms with Crippen LogP contribution in [0.25, 0.3) is 0 Å². The summed E-state index contributed by atoms with van der Waals surface area (Å²) in [6.07, 6.45) is -2.20. The minimum absolute atomic E-state index is 0.130. The summed E-state index contributed by atoms with van der Waals surface area (Å²) in [5.74, 6) is -1.79. The van der Waals surface area contributed by atoms with E-state index in [4.69, 9.17) is 15.2 Å². The summed E-state index contributed by atoms with van der Waals surface area (Å²) < 4.78 is 23.8. The average molecular weight is 353 g/mol. The molecule has 1 aromatic carbocycles. The van der Waals surface area contributed by atoms with Gasteiger partial charge in [-0.15, -0.1) is 0 Å². The van der Waals surface area contributed by atoms with Crippen molar-refractivity contribution >= 4 is 23.6 Å². The number of carbonyl (C=O) groups is 3. The van der Waals surface area contributed by atoms with Crippen molar-refractivity contribution in [2.24, 2.45) is 5.73 Å². The van der Waals surface area contributed by atoms with E-state index in [0.717, 1.165) is 6.07 Å². The number of nitrogens with one attached hydrogen (secondary N) is 2. The van der Waals surface area contributed by atoms with Gasteiger partial charge >= 0.3 is 6.09 Å². The molecule has 0 bridgehead atoms. The Morgan fingerprint density at radius 3 is 2.72 bits per heavy atom. The largest absolute Gasteiger partial charge is 0.478 e. The van der Waals surface area contributed by atoms with E-state index in [-0.39, 0.29) is 12.2 Å². The van der Waals surface area contributed by atoms with Crippen molar-refractivity contribution in [1.82, 2.24) is 5.32 Å². The van der Waals surface area contributed by atoms with Gasteiger partial charge in [-0.1, -0.05) is 0 Å². The summed E-state index contributed by atoms with van der Waals surface area (Å²) in [4.78, 5) is 35.5. The van der Waals surface area contributed by atoms with Crippen molar-refractivity contribution in [3.05, 3.63) is 24.0 Å². The monoisotopic (exact) mass is 353 g/mol. The number of halogens is 1. The van der Waals surface area contributed by atoms with Gasteiger partial charge in [0, 0.05) is 12.5 Å². The molecule has 2 atom stereocenters. The van der Waals surface area contributed by atoms with Gasteiger partial charge in [-0.3, -0.25) is 9.59 Å². The maximum absolute atomic E-state index is 13.3. The molecule has 0 aromatic heterocycles. The van der Waals surface area contributed by atoms with E-state index in [0.29, 0.717) is 5.69 Å². The van der Waals surface area contributed by atoms with Gasteiger partial charge in [-0.2, -0.15) is 0 Å². The Morgan fingerprint density at radius 1 is 1.44 bits per heavy atom. The van der Waals surface area contributed by atoms with Gasteiger partial charge in [0.05, 0.1) is 5.69 Å². The fraction of sp³-hybridized carbons (Fsp3) is 0.438. The summed E-state index contributed by atoms with van der Waals surface area (Å²) >= 11 is 0. The lowest BCUT2D eigenvalue weighted by Crippen LogP contribution is -2.50. The van der Waals surface area contributed by atoms with Gasteiger partial charge < -0.3 is 25.8 Å². The first-order chi connectivity index (χ1) is 11.5. The van der Waals surface area contributed by atoms with Crippen LogP contribution in [0.3, 0.4) is 0 Å². The summed E-state index contributed by atoms with van der Waals surface area (Å²) in [5.41, 5.74) is 4.83. The first-order valence-corrected chi connectivity index (χ1v) is 7.61. The van der Waals surface area contributed by atoms with Crippen LogP contribution in [0.1, 0.15) is 27.2 Å². The van der Waals surface area contributed by atoms with Crippen LogP contribution in [-0.4, -0.2) is 35.7 Å². The summed E-state index contributed by atoms with van der Waals surface area (Å²) in [6.45, 7) is 4.99. The highest BCUT2D eigenvalue weighted by molar-refractivity contribution is 5.98. The number of anilines is 1. The van der Waals surface area contributed by atoms with E-state index in [1.165, 1.54) is 12.1 Å². The van der Waals surface area contributed by atoms with Gasteiger partial charge in [0.1, 0.15) is 23.2 Å². The van der Waals surface area contributed by atoms with Crippen molar-refractivity contribution < 1.29 is 28.2 Å². The minimum Gasteiger partial charge on any atom is -0.478 e. The Morgan fingerprint density at radius 2 is 2.12 bits per heavy atom. The van der Waals surface area contributed by atoms with Gasteiger partial charge in [0.2, 0.25) is 5.91 Å². The van der Waals surface area contributed by atoms with E-state index >= 15 is 0 Å². The third-order valence-electron chi connectivity index (χ3n) is 3.25. The smallest absolute Gasteiger partial charge is 0.408 e. The first kappa shape index (κ1) is 18.5. The molecular formula is C16H20FN3O5. The fourth-order valence-corrected chi connectivity index (χ4v) is 2.18. The number of primary amides is 1. The molecule has 4 N–H and O–H groups in total. The number of fused-ring (bicyclic) bond motifs is 1. The number of benzene rings is 1. The van der Waals surface area contributed by atoms with Crippen molar-refractivity contribution in [2.75, 3.05) is 5.32 Å². The molecule has 136 valence electrons. The third kappa shape index (κ3) is 5.07. The topological polar surface area (TPSA) is 120 Å². The Kier molecular flexibility index (Phi) is 5.15. The molecule has 25 heavy (non-hydrogen) atoms. The second-order valence-corrected chi connectivity index (χ2v) is 6.57. The minimum atomic E-state index is -1.19. The van der Waals surface area contributed by atoms with Crippen LogP contribution < -0.4 is 21.1 Å². The van der Waals surface area contributed by atoms with Crippen LogP contribution in [0.2, 0.25) is 0 Å². The number of nitrogens with two attached hydrogens (primary N) is 1. The quantitative estimate of drug-likeness (QED) is 0.753. The van der Waals surface area contributed by atoms with E-state index in [2.05, 4.69) is 10.6 Å². The molecule has 1 aromatic rings. The zero-order valence-corrected chi connectivity index (χ0v) is 14.1. The van der Waals surface area contributed by atoms with E-state index in [9.17, 15) is 18.8 Å². The zero-order valence-electron chi connectivity index (χ0n) is 14.1. The summed E-state index contributed by atoms with van der Waals surface area (Å²) in [7, 11) is 0. The number of alkyl carbamates (subject to hydrolysis) is 1. The Balaban J connectivity index is 2.08. The molecule has 0 radical (unpaired) electrons. The predicted octanol–water partition coefficient (Wildman–Crippen LogP) is 1.29. The molecule has 9 heteroatoms. The standard InChI is InChI=1S/C16H20FN3O5/c1-16(2,3)25-15(23)20-10(13(18)21)7-12-14(22)19-9-5-4-8(17)6-11(9)24-12/h4-6,10,12H,7H2,1-3H3,(H2,18,21)(H,19,22)(H,20,23)/t10-,12-/m0/s1. The maximum Gasteiger partial charge on any atom is 0.408 e. The Labute approximate surface area is 143 Å². The zero-order chi connectivity index (χ0) is 18.8. The average Bonchev–Trinajstić information content (AvgIpc) is 2.45. The lowest BCUT2D eigenvalue weighted by atomic mass is 10.1. The molecular weight excluding hydrogens is 333 g/mol. The van der Waals surface area contributed by atoms with E-state index < -0.39 is 41.5 Å². The Hall–Kier alpha value is -2.84. The van der Waals surface area contributed by atoms with E-state index in [1.807, 2.05) is 0 Å². The molecule has 3 amide bonds. The molecule has 8 nitrogen and oxygen atoms in total. The third-order valence-corrected chi connectivity index (χ3v) is 3.25. The molecule has 0 unspecified atom stereocenters. The maximum atomic E-state index is 13.3. The normalized spacial score (nSPS) is 17.6. The molecule has 1 aliphatic rings. The lowest BCUT2D eigenvalue weighted by molar-refractivity contribution is -0.125. The number of hydrogen-bond donors (Lipinski definition) is 3. The first-order valence-electron chi connectivity index (χ1n) is 7.61. The molecule has 0 spiro atoms. The predicted molar refractivity (Wildman–Crippen MR) is 86.4 cm³/mol. The van der Waals surface area contributed by atoms with Gasteiger partial charge in [-0.05, 0) is 32.9 Å². The molecule has 0 aliphatic carbocycles. The fourth-order valence-electron chi connectivity index (χ4n) is 2.18. The van der Waals surface area contributed by atoms with Crippen molar-refractivity contribution in [1.29, 1.82) is 0 Å². The van der Waals surface area contributed by atoms with Gasteiger partial charge in [0.15, 0.2) is 6.10 Å². The van der Waals surface area contributed by atoms with Crippen molar-refractivity contribution in [3.63, 3.8) is 0 Å². The van der Waals surface area contributed by atoms with Crippen molar-refractivity contribution in [2.45, 2.75) is 44.9 Å². The molecule has 2 rings (SSSR count).